The predicted octanol–water partition coefficient (Wildman–Crippen LogP) is 1.55. The second kappa shape index (κ2) is 7.84. The molecule has 0 unspecified atom stereocenters. The Balaban J connectivity index is 1.58. The number of carbonyl (C=O) groups excluding carboxylic acids is 2. The average molecular weight is 402 g/mol. The first-order valence-electron chi connectivity index (χ1n) is 9.18. The van der Waals surface area contributed by atoms with Crippen LogP contribution in [0.4, 0.5) is 5.82 Å². The zero-order valence-electron chi connectivity index (χ0n) is 15.6. The Morgan fingerprint density at radius 2 is 1.93 bits per heavy atom. The normalized spacial score (nSPS) is 16.7. The van der Waals surface area contributed by atoms with E-state index in [1.54, 1.807) is 23.6 Å². The van der Waals surface area contributed by atoms with Gasteiger partial charge in [0.05, 0.1) is 24.6 Å². The number of benzene rings is 1. The molecule has 0 atom stereocenters. The Labute approximate surface area is 166 Å². The topological polar surface area (TPSA) is 96.7 Å². The molecule has 8 nitrogen and oxygen atoms in total. The number of nitrogens with one attached hydrogen (secondary N) is 1. The van der Waals surface area contributed by atoms with Crippen molar-refractivity contribution >= 4 is 29.4 Å². The van der Waals surface area contributed by atoms with Crippen LogP contribution in [-0.4, -0.2) is 57.9 Å². The summed E-state index contributed by atoms with van der Waals surface area (Å²) in [7, 11) is 1.60. The molecular weight excluding hydrogens is 380 g/mol. The van der Waals surface area contributed by atoms with E-state index in [1.807, 2.05) is 24.3 Å². The number of ether oxygens (including phenoxy) is 1. The van der Waals surface area contributed by atoms with Crippen molar-refractivity contribution in [1.29, 1.82) is 0 Å². The number of piperidine rings is 1. The molecule has 9 heteroatoms. The van der Waals surface area contributed by atoms with Gasteiger partial charge in [-0.1, -0.05) is 0 Å². The van der Waals surface area contributed by atoms with Crippen LogP contribution >= 0.6 is 11.8 Å². The van der Waals surface area contributed by atoms with E-state index < -0.39 is 17.9 Å². The summed E-state index contributed by atoms with van der Waals surface area (Å²) in [6.45, 7) is 0.776. The molecule has 0 radical (unpaired) electrons. The molecule has 2 N–H and O–H groups in total. The number of methoxy groups -OCH3 is 1. The number of anilines is 1. The van der Waals surface area contributed by atoms with Crippen LogP contribution < -0.4 is 10.1 Å². The van der Waals surface area contributed by atoms with Crippen LogP contribution in [0.1, 0.15) is 24.1 Å². The van der Waals surface area contributed by atoms with E-state index in [2.05, 4.69) is 10.4 Å². The summed E-state index contributed by atoms with van der Waals surface area (Å²) in [5.41, 5.74) is 2.66. The number of aliphatic hydroxyl groups excluding tert-OH is 1. The molecule has 0 saturated carbocycles. The van der Waals surface area contributed by atoms with Gasteiger partial charge in [-0.3, -0.25) is 9.59 Å². The highest BCUT2D eigenvalue weighted by atomic mass is 32.2. The average Bonchev–Trinajstić information content (AvgIpc) is 3.31. The summed E-state index contributed by atoms with van der Waals surface area (Å²) < 4.78 is 6.87. The minimum Gasteiger partial charge on any atom is -0.497 e. The zero-order chi connectivity index (χ0) is 19.7. The molecule has 2 amide bonds. The molecule has 2 aromatic rings. The van der Waals surface area contributed by atoms with Gasteiger partial charge in [0.25, 0.3) is 0 Å². The largest absolute Gasteiger partial charge is 0.497 e. The lowest BCUT2D eigenvalue weighted by atomic mass is 10.1. The number of thioether (sulfide) groups is 1. The first-order chi connectivity index (χ1) is 13.6. The van der Waals surface area contributed by atoms with Gasteiger partial charge in [0, 0.05) is 30.2 Å². The third-order valence-corrected chi connectivity index (χ3v) is 6.02. The number of rotatable bonds is 3. The number of aromatic nitrogens is 2. The number of aliphatic hydroxyl groups is 1. The third kappa shape index (κ3) is 3.59. The Hall–Kier alpha value is -2.52. The molecule has 1 aromatic carbocycles. The fourth-order valence-corrected chi connectivity index (χ4v) is 4.46. The van der Waals surface area contributed by atoms with Crippen molar-refractivity contribution in [1.82, 2.24) is 14.7 Å². The van der Waals surface area contributed by atoms with Crippen LogP contribution in [0.3, 0.4) is 0 Å². The van der Waals surface area contributed by atoms with E-state index >= 15 is 0 Å². The van der Waals surface area contributed by atoms with Gasteiger partial charge < -0.3 is 20.1 Å². The van der Waals surface area contributed by atoms with Gasteiger partial charge in [-0.25, -0.2) is 4.68 Å². The summed E-state index contributed by atoms with van der Waals surface area (Å²) in [5, 5.41) is 17.0. The number of hydrogen-bond acceptors (Lipinski definition) is 6. The predicted molar refractivity (Wildman–Crippen MR) is 106 cm³/mol. The molecule has 1 saturated heterocycles. The molecule has 2 aliphatic rings. The Kier molecular flexibility index (Phi) is 5.27. The van der Waals surface area contributed by atoms with Gasteiger partial charge in [-0.15, -0.1) is 0 Å². The van der Waals surface area contributed by atoms with Gasteiger partial charge in [0.2, 0.25) is 0 Å². The second-order valence-corrected chi connectivity index (χ2v) is 7.84. The van der Waals surface area contributed by atoms with Gasteiger partial charge >= 0.3 is 11.8 Å². The molecule has 4 rings (SSSR count). The molecule has 148 valence electrons. The third-order valence-electron chi connectivity index (χ3n) is 5.05. The van der Waals surface area contributed by atoms with Crippen molar-refractivity contribution < 1.29 is 19.4 Å². The monoisotopic (exact) mass is 402 g/mol. The SMILES string of the molecule is COc1ccc(-n2nc3c(c2NC(=O)C(=O)N2CCC(O)CC2)CSC3)cc1. The minimum atomic E-state index is -0.675. The number of hydrogen-bond donors (Lipinski definition) is 2. The van der Waals surface area contributed by atoms with Gasteiger partial charge in [0.1, 0.15) is 11.6 Å². The van der Waals surface area contributed by atoms with Crippen molar-refractivity contribution in [3.8, 4) is 11.4 Å². The molecule has 1 fully saturated rings. The van der Waals surface area contributed by atoms with E-state index in [0.717, 1.165) is 34.2 Å². The first-order valence-corrected chi connectivity index (χ1v) is 10.3. The highest BCUT2D eigenvalue weighted by Gasteiger charge is 2.30. The Morgan fingerprint density at radius 3 is 2.61 bits per heavy atom. The van der Waals surface area contributed by atoms with Gasteiger partial charge in [-0.2, -0.15) is 16.9 Å². The number of amides is 2. The Bertz CT molecular complexity index is 888. The lowest BCUT2D eigenvalue weighted by molar-refractivity contribution is -0.144. The van der Waals surface area contributed by atoms with Crippen LogP contribution in [-0.2, 0) is 21.1 Å². The van der Waals surface area contributed by atoms with Crippen molar-refractivity contribution in [2.75, 3.05) is 25.5 Å². The van der Waals surface area contributed by atoms with E-state index in [0.29, 0.717) is 31.7 Å². The van der Waals surface area contributed by atoms with E-state index in [9.17, 15) is 14.7 Å². The maximum Gasteiger partial charge on any atom is 0.315 e. The Morgan fingerprint density at radius 1 is 1.21 bits per heavy atom. The quantitative estimate of drug-likeness (QED) is 0.756. The molecule has 2 aliphatic heterocycles. The maximum atomic E-state index is 12.6. The highest BCUT2D eigenvalue weighted by Crippen LogP contribution is 2.36. The van der Waals surface area contributed by atoms with Crippen molar-refractivity contribution in [2.24, 2.45) is 0 Å². The summed E-state index contributed by atoms with van der Waals surface area (Å²) >= 11 is 1.73. The summed E-state index contributed by atoms with van der Waals surface area (Å²) in [6, 6.07) is 7.37. The summed E-state index contributed by atoms with van der Waals surface area (Å²) in [5.74, 6) is 1.54. The number of carbonyl (C=O) groups is 2. The fraction of sp³-hybridized carbons (Fsp3) is 0.421. The van der Waals surface area contributed by atoms with Gasteiger partial charge in [-0.05, 0) is 37.1 Å². The van der Waals surface area contributed by atoms with Gasteiger partial charge in [0.15, 0.2) is 0 Å². The zero-order valence-corrected chi connectivity index (χ0v) is 16.4. The molecule has 0 aliphatic carbocycles. The lowest BCUT2D eigenvalue weighted by Crippen LogP contribution is -2.45. The standard InChI is InChI=1S/C19H22N4O4S/c1-27-14-4-2-12(3-5-14)23-17(15-10-28-11-16(15)21-23)20-18(25)19(26)22-8-6-13(24)7-9-22/h2-5,13,24H,6-11H2,1H3,(H,20,25). The van der Waals surface area contributed by atoms with Crippen LogP contribution in [0.5, 0.6) is 5.75 Å². The minimum absolute atomic E-state index is 0.388. The second-order valence-electron chi connectivity index (χ2n) is 6.85. The molecule has 28 heavy (non-hydrogen) atoms. The van der Waals surface area contributed by atoms with Crippen LogP contribution in [0.2, 0.25) is 0 Å². The lowest BCUT2D eigenvalue weighted by Gasteiger charge is -2.29. The van der Waals surface area contributed by atoms with E-state index in [-0.39, 0.29) is 0 Å². The highest BCUT2D eigenvalue weighted by molar-refractivity contribution is 7.98. The number of fused-ring (bicyclic) bond motifs is 1. The number of likely N-dealkylation sites (tertiary alicyclic amines) is 1. The fourth-order valence-electron chi connectivity index (χ4n) is 3.43. The maximum absolute atomic E-state index is 12.6. The molecule has 1 aromatic heterocycles. The van der Waals surface area contributed by atoms with Crippen LogP contribution in [0, 0.1) is 0 Å². The number of nitrogens with zero attached hydrogens (tertiary/aromatic N) is 3. The first kappa shape index (κ1) is 18.8. The molecule has 3 heterocycles. The van der Waals surface area contributed by atoms with Crippen molar-refractivity contribution in [3.05, 3.63) is 35.5 Å². The van der Waals surface area contributed by atoms with Crippen molar-refractivity contribution in [3.63, 3.8) is 0 Å². The van der Waals surface area contributed by atoms with Crippen LogP contribution in [0.15, 0.2) is 24.3 Å². The summed E-state index contributed by atoms with van der Waals surface area (Å²) in [6.07, 6.45) is 0.591. The summed E-state index contributed by atoms with van der Waals surface area (Å²) in [4.78, 5) is 26.7. The van der Waals surface area contributed by atoms with E-state index in [4.69, 9.17) is 4.74 Å². The molecular formula is C19H22N4O4S. The van der Waals surface area contributed by atoms with Crippen LogP contribution in [0.25, 0.3) is 5.69 Å². The smallest absolute Gasteiger partial charge is 0.315 e. The van der Waals surface area contributed by atoms with Crippen molar-refractivity contribution in [2.45, 2.75) is 30.5 Å². The molecule has 0 spiro atoms. The molecule has 0 bridgehead atoms. The van der Waals surface area contributed by atoms with E-state index in [1.165, 1.54) is 4.90 Å².